The number of fused-ring (bicyclic) bond motifs is 2. The summed E-state index contributed by atoms with van der Waals surface area (Å²) in [6.07, 6.45) is 4.84. The fourth-order valence-corrected chi connectivity index (χ4v) is 4.92. The average molecular weight is 491 g/mol. The van der Waals surface area contributed by atoms with Crippen molar-refractivity contribution in [3.8, 4) is 17.0 Å². The molecule has 1 aliphatic rings. The van der Waals surface area contributed by atoms with Gasteiger partial charge in [-0.25, -0.2) is 23.4 Å². The maximum Gasteiger partial charge on any atom is 0.239 e. The van der Waals surface area contributed by atoms with Crippen molar-refractivity contribution in [3.05, 3.63) is 60.4 Å². The fraction of sp³-hybridized carbons (Fsp3) is 0.240. The quantitative estimate of drug-likeness (QED) is 0.416. The Morgan fingerprint density at radius 3 is 2.63 bits per heavy atom. The zero-order valence-electron chi connectivity index (χ0n) is 19.7. The minimum absolute atomic E-state index is 0.0106. The molecule has 0 bridgehead atoms. The van der Waals surface area contributed by atoms with Crippen molar-refractivity contribution < 1.29 is 13.2 Å². The van der Waals surface area contributed by atoms with E-state index in [2.05, 4.69) is 25.5 Å². The minimum Gasteiger partial charge on any atom is -0.474 e. The van der Waals surface area contributed by atoms with E-state index in [4.69, 9.17) is 9.72 Å². The standard InChI is InChI=1S/C25H26N6O3S/c1-31(2)23-20(14-27-24-22(23)26-10-11-34-24)17-6-7-18-13-28-25(30-21(18)12-17)29-19-8-4-16(5-9-19)15-35(3,32)33/h4-9,12-14,26H,10-11,15H2,1-3H3,(H,28,29,30). The van der Waals surface area contributed by atoms with Crippen LogP contribution in [0.25, 0.3) is 22.0 Å². The SMILES string of the molecule is CN(C)c1c(-c2ccc3cnc(Nc4ccc(CS(C)(=O)=O)cc4)nc3c2)cnc2c1NCCO2. The largest absolute Gasteiger partial charge is 0.474 e. The molecule has 35 heavy (non-hydrogen) atoms. The van der Waals surface area contributed by atoms with Gasteiger partial charge in [-0.05, 0) is 29.3 Å². The lowest BCUT2D eigenvalue weighted by molar-refractivity contribution is 0.310. The second-order valence-electron chi connectivity index (χ2n) is 8.73. The third-order valence-corrected chi connectivity index (χ3v) is 6.50. The highest BCUT2D eigenvalue weighted by Gasteiger charge is 2.21. The van der Waals surface area contributed by atoms with E-state index in [-0.39, 0.29) is 5.75 Å². The molecule has 2 aromatic carbocycles. The fourth-order valence-electron chi connectivity index (χ4n) is 4.12. The number of pyridine rings is 1. The van der Waals surface area contributed by atoms with Crippen LogP contribution in [0.2, 0.25) is 0 Å². The molecule has 1 aliphatic heterocycles. The summed E-state index contributed by atoms with van der Waals surface area (Å²) in [5.41, 5.74) is 6.16. The summed E-state index contributed by atoms with van der Waals surface area (Å²) >= 11 is 0. The summed E-state index contributed by atoms with van der Waals surface area (Å²) in [6.45, 7) is 1.32. The summed E-state index contributed by atoms with van der Waals surface area (Å²) in [4.78, 5) is 15.7. The highest BCUT2D eigenvalue weighted by Crippen LogP contribution is 2.42. The Bertz CT molecular complexity index is 1500. The molecule has 5 rings (SSSR count). The number of nitrogens with zero attached hydrogens (tertiary/aromatic N) is 4. The van der Waals surface area contributed by atoms with Gasteiger partial charge in [0.2, 0.25) is 11.8 Å². The van der Waals surface area contributed by atoms with Gasteiger partial charge in [-0.2, -0.15) is 0 Å². The first kappa shape index (κ1) is 22.9. The van der Waals surface area contributed by atoms with Crippen molar-refractivity contribution in [2.75, 3.05) is 49.0 Å². The first-order chi connectivity index (χ1) is 16.8. The van der Waals surface area contributed by atoms with E-state index >= 15 is 0 Å². The first-order valence-corrected chi connectivity index (χ1v) is 13.2. The Hall–Kier alpha value is -3.92. The van der Waals surface area contributed by atoms with Gasteiger partial charge >= 0.3 is 0 Å². The molecule has 0 saturated carbocycles. The number of hydrogen-bond donors (Lipinski definition) is 2. The van der Waals surface area contributed by atoms with Crippen molar-refractivity contribution in [2.24, 2.45) is 0 Å². The van der Waals surface area contributed by atoms with Crippen LogP contribution in [-0.4, -0.2) is 56.9 Å². The number of sulfone groups is 1. The molecule has 0 radical (unpaired) electrons. The number of rotatable bonds is 6. The van der Waals surface area contributed by atoms with Gasteiger partial charge in [-0.15, -0.1) is 0 Å². The van der Waals surface area contributed by atoms with E-state index in [0.717, 1.165) is 51.2 Å². The van der Waals surface area contributed by atoms with E-state index in [1.54, 1.807) is 18.3 Å². The van der Waals surface area contributed by atoms with E-state index < -0.39 is 9.84 Å². The van der Waals surface area contributed by atoms with Crippen LogP contribution in [0.1, 0.15) is 5.56 Å². The maximum atomic E-state index is 11.5. The number of benzene rings is 2. The third kappa shape index (κ3) is 4.97. The van der Waals surface area contributed by atoms with E-state index in [1.807, 2.05) is 50.6 Å². The summed E-state index contributed by atoms with van der Waals surface area (Å²) in [5, 5.41) is 7.53. The summed E-state index contributed by atoms with van der Waals surface area (Å²) in [6, 6.07) is 13.3. The zero-order valence-corrected chi connectivity index (χ0v) is 20.6. The minimum atomic E-state index is -3.08. The molecule has 0 amide bonds. The molecule has 0 fully saturated rings. The predicted octanol–water partition coefficient (Wildman–Crippen LogP) is 3.85. The van der Waals surface area contributed by atoms with Gasteiger partial charge in [0, 0.05) is 55.9 Å². The van der Waals surface area contributed by atoms with Crippen LogP contribution in [0.4, 0.5) is 23.0 Å². The molecule has 9 nitrogen and oxygen atoms in total. The molecule has 2 N–H and O–H groups in total. The topological polar surface area (TPSA) is 109 Å². The number of ether oxygens (including phenoxy) is 1. The second-order valence-corrected chi connectivity index (χ2v) is 10.9. The van der Waals surface area contributed by atoms with Gasteiger partial charge in [0.1, 0.15) is 12.3 Å². The van der Waals surface area contributed by atoms with Crippen LogP contribution in [0, 0.1) is 0 Å². The van der Waals surface area contributed by atoms with Gasteiger partial charge in [-0.3, -0.25) is 0 Å². The van der Waals surface area contributed by atoms with Gasteiger partial charge in [0.05, 0.1) is 17.0 Å². The lowest BCUT2D eigenvalue weighted by Crippen LogP contribution is -2.22. The predicted molar refractivity (Wildman–Crippen MR) is 139 cm³/mol. The van der Waals surface area contributed by atoms with Gasteiger partial charge in [0.15, 0.2) is 9.84 Å². The Morgan fingerprint density at radius 1 is 1.09 bits per heavy atom. The number of aromatic nitrogens is 3. The molecule has 0 spiro atoms. The zero-order chi connectivity index (χ0) is 24.6. The molecule has 0 aliphatic carbocycles. The Balaban J connectivity index is 1.46. The highest BCUT2D eigenvalue weighted by atomic mass is 32.2. The summed E-state index contributed by atoms with van der Waals surface area (Å²) in [7, 11) is 0.926. The second kappa shape index (κ2) is 9.03. The molecule has 10 heteroatoms. The molecule has 0 atom stereocenters. The molecule has 3 heterocycles. The van der Waals surface area contributed by atoms with Crippen molar-refractivity contribution in [1.29, 1.82) is 0 Å². The maximum absolute atomic E-state index is 11.5. The molecule has 4 aromatic rings. The molecule has 0 unspecified atom stereocenters. The third-order valence-electron chi connectivity index (χ3n) is 5.64. The smallest absolute Gasteiger partial charge is 0.239 e. The molecule has 2 aromatic heterocycles. The Labute approximate surface area is 204 Å². The number of nitrogens with one attached hydrogen (secondary N) is 2. The molecular formula is C25H26N6O3S. The molecule has 180 valence electrons. The van der Waals surface area contributed by atoms with Gasteiger partial charge in [0.25, 0.3) is 0 Å². The number of anilines is 4. The Kier molecular flexibility index (Phi) is 5.89. The molecular weight excluding hydrogens is 464 g/mol. The van der Waals surface area contributed by atoms with Crippen LogP contribution in [-0.2, 0) is 15.6 Å². The van der Waals surface area contributed by atoms with Crippen LogP contribution in [0.5, 0.6) is 5.88 Å². The summed E-state index contributed by atoms with van der Waals surface area (Å²) < 4.78 is 28.7. The van der Waals surface area contributed by atoms with Gasteiger partial charge in [-0.1, -0.05) is 24.3 Å². The Morgan fingerprint density at radius 2 is 1.89 bits per heavy atom. The number of hydrogen-bond acceptors (Lipinski definition) is 9. The van der Waals surface area contributed by atoms with E-state index in [1.165, 1.54) is 6.26 Å². The highest BCUT2D eigenvalue weighted by molar-refractivity contribution is 7.89. The van der Waals surface area contributed by atoms with Crippen molar-refractivity contribution in [3.63, 3.8) is 0 Å². The average Bonchev–Trinajstić information content (AvgIpc) is 2.83. The monoisotopic (exact) mass is 490 g/mol. The van der Waals surface area contributed by atoms with Crippen LogP contribution >= 0.6 is 0 Å². The van der Waals surface area contributed by atoms with Crippen molar-refractivity contribution in [1.82, 2.24) is 15.0 Å². The normalized spacial score (nSPS) is 13.0. The van der Waals surface area contributed by atoms with Crippen LogP contribution < -0.4 is 20.3 Å². The first-order valence-electron chi connectivity index (χ1n) is 11.1. The van der Waals surface area contributed by atoms with Gasteiger partial charge < -0.3 is 20.3 Å². The van der Waals surface area contributed by atoms with E-state index in [0.29, 0.717) is 18.4 Å². The van der Waals surface area contributed by atoms with Crippen molar-refractivity contribution >= 4 is 43.8 Å². The van der Waals surface area contributed by atoms with Crippen LogP contribution in [0.15, 0.2) is 54.9 Å². The summed E-state index contributed by atoms with van der Waals surface area (Å²) in [5.74, 6) is 1.08. The molecule has 0 saturated heterocycles. The van der Waals surface area contributed by atoms with Crippen molar-refractivity contribution in [2.45, 2.75) is 5.75 Å². The lowest BCUT2D eigenvalue weighted by atomic mass is 10.0. The van der Waals surface area contributed by atoms with E-state index in [9.17, 15) is 8.42 Å². The lowest BCUT2D eigenvalue weighted by Gasteiger charge is -2.26. The van der Waals surface area contributed by atoms with Crippen LogP contribution in [0.3, 0.4) is 0 Å².